The maximum absolute atomic E-state index is 13.4. The van der Waals surface area contributed by atoms with Crippen molar-refractivity contribution in [1.29, 1.82) is 0 Å². The number of ether oxygens (including phenoxy) is 2. The summed E-state index contributed by atoms with van der Waals surface area (Å²) in [6, 6.07) is 9.84. The number of sulfonamides is 1. The molecule has 1 amide bonds. The van der Waals surface area contributed by atoms with Gasteiger partial charge in [0.1, 0.15) is 5.75 Å². The second kappa shape index (κ2) is 8.62. The van der Waals surface area contributed by atoms with E-state index in [0.717, 1.165) is 0 Å². The van der Waals surface area contributed by atoms with Crippen molar-refractivity contribution in [3.05, 3.63) is 54.4 Å². The summed E-state index contributed by atoms with van der Waals surface area (Å²) in [5.74, 6) is 0.194. The SMILES string of the molecule is CC(C)Oc1cnc(OC(C)C)c(C2(C(=O)NS(=O)(=O)c3cccc4ncccc34)CC2)c1. The highest BCUT2D eigenvalue weighted by Crippen LogP contribution is 2.52. The van der Waals surface area contributed by atoms with E-state index in [1.807, 2.05) is 27.7 Å². The van der Waals surface area contributed by atoms with Gasteiger partial charge in [-0.05, 0) is 70.9 Å². The van der Waals surface area contributed by atoms with Crippen LogP contribution in [0.4, 0.5) is 0 Å². The highest BCUT2D eigenvalue weighted by atomic mass is 32.2. The third-order valence-corrected chi connectivity index (χ3v) is 6.76. The summed E-state index contributed by atoms with van der Waals surface area (Å²) < 4.78 is 40.3. The summed E-state index contributed by atoms with van der Waals surface area (Å²) in [5, 5.41) is 0.447. The monoisotopic (exact) mass is 469 g/mol. The molecule has 0 unspecified atom stereocenters. The molecular formula is C24H27N3O5S. The molecule has 2 aromatic heterocycles. The van der Waals surface area contributed by atoms with Gasteiger partial charge in [0.2, 0.25) is 11.8 Å². The Bertz CT molecular complexity index is 1300. The van der Waals surface area contributed by atoms with Gasteiger partial charge in [0.25, 0.3) is 10.0 Å². The predicted octanol–water partition coefficient (Wildman–Crippen LogP) is 3.74. The van der Waals surface area contributed by atoms with Gasteiger partial charge in [-0.2, -0.15) is 0 Å². The number of amides is 1. The molecule has 0 saturated heterocycles. The number of carbonyl (C=O) groups is 1. The third-order valence-electron chi connectivity index (χ3n) is 5.37. The molecule has 0 atom stereocenters. The highest BCUT2D eigenvalue weighted by Gasteiger charge is 2.54. The van der Waals surface area contributed by atoms with Gasteiger partial charge in [0.05, 0.1) is 34.2 Å². The van der Waals surface area contributed by atoms with E-state index in [1.54, 1.807) is 42.7 Å². The number of benzene rings is 1. The lowest BCUT2D eigenvalue weighted by molar-refractivity contribution is -0.121. The molecule has 174 valence electrons. The molecule has 1 aromatic carbocycles. The molecule has 2 heterocycles. The number of hydrogen-bond donors (Lipinski definition) is 1. The number of carbonyl (C=O) groups excluding carboxylic acids is 1. The second-order valence-electron chi connectivity index (χ2n) is 8.70. The molecule has 3 aromatic rings. The minimum Gasteiger partial charge on any atom is -0.489 e. The number of nitrogens with one attached hydrogen (secondary N) is 1. The zero-order valence-corrected chi connectivity index (χ0v) is 19.8. The van der Waals surface area contributed by atoms with Crippen LogP contribution in [0.2, 0.25) is 0 Å². The quantitative estimate of drug-likeness (QED) is 0.535. The molecular weight excluding hydrogens is 442 g/mol. The minimum atomic E-state index is -4.13. The van der Waals surface area contributed by atoms with Crippen molar-refractivity contribution < 1.29 is 22.7 Å². The molecule has 0 spiro atoms. The number of aromatic nitrogens is 2. The fourth-order valence-corrected chi connectivity index (χ4v) is 5.03. The highest BCUT2D eigenvalue weighted by molar-refractivity contribution is 7.90. The van der Waals surface area contributed by atoms with Gasteiger partial charge in [-0.15, -0.1) is 0 Å². The van der Waals surface area contributed by atoms with Crippen molar-refractivity contribution in [2.75, 3.05) is 0 Å². The Labute approximate surface area is 193 Å². The Morgan fingerprint density at radius 2 is 1.76 bits per heavy atom. The Morgan fingerprint density at radius 1 is 1.03 bits per heavy atom. The molecule has 1 fully saturated rings. The van der Waals surface area contributed by atoms with Gasteiger partial charge in [0, 0.05) is 17.1 Å². The Morgan fingerprint density at radius 3 is 2.42 bits per heavy atom. The van der Waals surface area contributed by atoms with E-state index in [0.29, 0.717) is 40.9 Å². The van der Waals surface area contributed by atoms with Crippen molar-refractivity contribution in [1.82, 2.24) is 14.7 Å². The topological polar surface area (TPSA) is 107 Å². The molecule has 1 saturated carbocycles. The van der Waals surface area contributed by atoms with Crippen LogP contribution in [0.25, 0.3) is 10.9 Å². The van der Waals surface area contributed by atoms with Crippen LogP contribution in [0.15, 0.2) is 53.7 Å². The van der Waals surface area contributed by atoms with Crippen LogP contribution < -0.4 is 14.2 Å². The summed E-state index contributed by atoms with van der Waals surface area (Å²) in [7, 11) is -4.13. The number of fused-ring (bicyclic) bond motifs is 1. The molecule has 1 N–H and O–H groups in total. The fraction of sp³-hybridized carbons (Fsp3) is 0.375. The lowest BCUT2D eigenvalue weighted by Crippen LogP contribution is -2.39. The minimum absolute atomic E-state index is 0.00548. The van der Waals surface area contributed by atoms with E-state index < -0.39 is 21.3 Å². The standard InChI is InChI=1S/C24H27N3O5S/c1-15(2)31-17-13-19(22(26-14-17)32-16(3)4)24(10-11-24)23(28)27-33(29,30)21-9-5-8-20-18(21)7-6-12-25-20/h5-9,12-16H,10-11H2,1-4H3,(H,27,28). The van der Waals surface area contributed by atoms with Crippen LogP contribution in [0.5, 0.6) is 11.6 Å². The fourth-order valence-electron chi connectivity index (χ4n) is 3.76. The van der Waals surface area contributed by atoms with Crippen LogP contribution >= 0.6 is 0 Å². The summed E-state index contributed by atoms with van der Waals surface area (Å²) >= 11 is 0. The lowest BCUT2D eigenvalue weighted by atomic mass is 9.96. The van der Waals surface area contributed by atoms with Gasteiger partial charge in [-0.25, -0.2) is 18.1 Å². The molecule has 1 aliphatic carbocycles. The van der Waals surface area contributed by atoms with E-state index in [4.69, 9.17) is 9.47 Å². The predicted molar refractivity (Wildman–Crippen MR) is 124 cm³/mol. The first-order chi connectivity index (χ1) is 15.6. The average molecular weight is 470 g/mol. The van der Waals surface area contributed by atoms with E-state index in [-0.39, 0.29) is 17.1 Å². The molecule has 1 aliphatic rings. The van der Waals surface area contributed by atoms with Gasteiger partial charge in [0.15, 0.2) is 0 Å². The van der Waals surface area contributed by atoms with Gasteiger partial charge in [-0.1, -0.05) is 6.07 Å². The zero-order chi connectivity index (χ0) is 23.8. The third kappa shape index (κ3) is 4.64. The Balaban J connectivity index is 1.70. The molecule has 33 heavy (non-hydrogen) atoms. The van der Waals surface area contributed by atoms with Crippen LogP contribution in [0, 0.1) is 0 Å². The maximum Gasteiger partial charge on any atom is 0.264 e. The summed E-state index contributed by atoms with van der Waals surface area (Å²) in [4.78, 5) is 22.0. The molecule has 0 radical (unpaired) electrons. The van der Waals surface area contributed by atoms with Gasteiger partial charge < -0.3 is 9.47 Å². The van der Waals surface area contributed by atoms with Crippen molar-refractivity contribution in [2.24, 2.45) is 0 Å². The first-order valence-corrected chi connectivity index (χ1v) is 12.4. The van der Waals surface area contributed by atoms with Crippen molar-refractivity contribution in [3.63, 3.8) is 0 Å². The van der Waals surface area contributed by atoms with E-state index >= 15 is 0 Å². The smallest absolute Gasteiger partial charge is 0.264 e. The van der Waals surface area contributed by atoms with Crippen molar-refractivity contribution in [2.45, 2.75) is 63.1 Å². The largest absolute Gasteiger partial charge is 0.489 e. The van der Waals surface area contributed by atoms with Crippen LogP contribution in [-0.4, -0.2) is 36.5 Å². The van der Waals surface area contributed by atoms with Crippen molar-refractivity contribution in [3.8, 4) is 11.6 Å². The first-order valence-electron chi connectivity index (χ1n) is 10.9. The molecule has 0 aliphatic heterocycles. The summed E-state index contributed by atoms with van der Waals surface area (Å²) in [5.41, 5.74) is 0.00896. The molecule has 4 rings (SSSR count). The van der Waals surface area contributed by atoms with Crippen LogP contribution in [0.3, 0.4) is 0 Å². The van der Waals surface area contributed by atoms with E-state index in [1.165, 1.54) is 6.07 Å². The van der Waals surface area contributed by atoms with Crippen LogP contribution in [-0.2, 0) is 20.2 Å². The zero-order valence-electron chi connectivity index (χ0n) is 19.0. The lowest BCUT2D eigenvalue weighted by Gasteiger charge is -2.21. The molecule has 8 nitrogen and oxygen atoms in total. The average Bonchev–Trinajstić information content (AvgIpc) is 3.55. The van der Waals surface area contributed by atoms with Gasteiger partial charge in [-0.3, -0.25) is 9.78 Å². The number of hydrogen-bond acceptors (Lipinski definition) is 7. The molecule has 0 bridgehead atoms. The van der Waals surface area contributed by atoms with Gasteiger partial charge >= 0.3 is 0 Å². The van der Waals surface area contributed by atoms with E-state index in [9.17, 15) is 13.2 Å². The van der Waals surface area contributed by atoms with E-state index in [2.05, 4.69) is 14.7 Å². The first kappa shape index (κ1) is 23.0. The number of nitrogens with zero attached hydrogens (tertiary/aromatic N) is 2. The normalized spacial score (nSPS) is 15.0. The van der Waals surface area contributed by atoms with Crippen LogP contribution in [0.1, 0.15) is 46.1 Å². The number of rotatable bonds is 8. The second-order valence-corrected chi connectivity index (χ2v) is 10.4. The number of pyridine rings is 2. The summed E-state index contributed by atoms with van der Waals surface area (Å²) in [6.07, 6.45) is 3.85. The van der Waals surface area contributed by atoms with Crippen molar-refractivity contribution >= 4 is 26.8 Å². The summed E-state index contributed by atoms with van der Waals surface area (Å²) in [6.45, 7) is 7.51. The Kier molecular flexibility index (Phi) is 6.00. The molecule has 9 heteroatoms. The Hall–Kier alpha value is -3.20. The maximum atomic E-state index is 13.4.